The van der Waals surface area contributed by atoms with Gasteiger partial charge in [0.2, 0.25) is 5.76 Å². The van der Waals surface area contributed by atoms with Gasteiger partial charge in [0.15, 0.2) is 0 Å². The van der Waals surface area contributed by atoms with E-state index in [0.717, 1.165) is 16.7 Å². The fourth-order valence-corrected chi connectivity index (χ4v) is 3.02. The number of benzene rings is 1. The standard InChI is InChI=1S/C15H12O4S/c16-15(17)14-12(9-20-8-10-4-3-7-18-10)11-5-1-2-6-13(11)19-14/h1-7H,8-9H2,(H,16,17). The van der Waals surface area contributed by atoms with Crippen molar-refractivity contribution in [3.63, 3.8) is 0 Å². The smallest absolute Gasteiger partial charge is 0.372 e. The quantitative estimate of drug-likeness (QED) is 0.763. The number of carboxylic acids is 1. The Morgan fingerprint density at radius 1 is 1.15 bits per heavy atom. The van der Waals surface area contributed by atoms with E-state index in [1.54, 1.807) is 24.1 Å². The second-order valence-electron chi connectivity index (χ2n) is 4.28. The molecule has 102 valence electrons. The van der Waals surface area contributed by atoms with Crippen molar-refractivity contribution in [2.24, 2.45) is 0 Å². The number of para-hydroxylation sites is 1. The van der Waals surface area contributed by atoms with Gasteiger partial charge in [0, 0.05) is 16.7 Å². The van der Waals surface area contributed by atoms with Crippen LogP contribution in [-0.4, -0.2) is 11.1 Å². The molecule has 20 heavy (non-hydrogen) atoms. The molecule has 0 spiro atoms. The van der Waals surface area contributed by atoms with Crippen molar-refractivity contribution < 1.29 is 18.7 Å². The predicted octanol–water partition coefficient (Wildman–Crippen LogP) is 4.16. The van der Waals surface area contributed by atoms with Gasteiger partial charge in [0.1, 0.15) is 11.3 Å². The van der Waals surface area contributed by atoms with Crippen molar-refractivity contribution >= 4 is 28.7 Å². The maximum absolute atomic E-state index is 11.3. The van der Waals surface area contributed by atoms with Crippen LogP contribution in [-0.2, 0) is 11.5 Å². The topological polar surface area (TPSA) is 63.6 Å². The number of hydrogen-bond acceptors (Lipinski definition) is 4. The summed E-state index contributed by atoms with van der Waals surface area (Å²) in [5.41, 5.74) is 1.34. The van der Waals surface area contributed by atoms with Gasteiger partial charge in [-0.15, -0.1) is 11.8 Å². The van der Waals surface area contributed by atoms with E-state index < -0.39 is 5.97 Å². The summed E-state index contributed by atoms with van der Waals surface area (Å²) in [4.78, 5) is 11.3. The molecule has 0 amide bonds. The Kier molecular flexibility index (Phi) is 3.52. The van der Waals surface area contributed by atoms with Crippen LogP contribution in [0.3, 0.4) is 0 Å². The van der Waals surface area contributed by atoms with Crippen molar-refractivity contribution in [3.8, 4) is 0 Å². The highest BCUT2D eigenvalue weighted by molar-refractivity contribution is 7.97. The molecule has 0 atom stereocenters. The largest absolute Gasteiger partial charge is 0.475 e. The maximum atomic E-state index is 11.3. The second-order valence-corrected chi connectivity index (χ2v) is 5.27. The van der Waals surface area contributed by atoms with Crippen LogP contribution < -0.4 is 0 Å². The molecule has 0 aliphatic heterocycles. The van der Waals surface area contributed by atoms with Crippen LogP contribution in [0.25, 0.3) is 11.0 Å². The Bertz CT molecular complexity index is 728. The summed E-state index contributed by atoms with van der Waals surface area (Å²) in [6.07, 6.45) is 1.63. The van der Waals surface area contributed by atoms with E-state index in [9.17, 15) is 9.90 Å². The molecule has 0 fully saturated rings. The van der Waals surface area contributed by atoms with E-state index in [1.165, 1.54) is 0 Å². The van der Waals surface area contributed by atoms with Gasteiger partial charge in [-0.3, -0.25) is 0 Å². The number of rotatable bonds is 5. The number of fused-ring (bicyclic) bond motifs is 1. The highest BCUT2D eigenvalue weighted by atomic mass is 32.2. The molecule has 0 aliphatic rings. The third-order valence-corrected chi connectivity index (χ3v) is 3.94. The molecule has 1 aromatic carbocycles. The molecule has 5 heteroatoms. The zero-order valence-corrected chi connectivity index (χ0v) is 11.4. The van der Waals surface area contributed by atoms with Gasteiger partial charge in [0.05, 0.1) is 12.0 Å². The van der Waals surface area contributed by atoms with Crippen molar-refractivity contribution in [2.75, 3.05) is 0 Å². The summed E-state index contributed by atoms with van der Waals surface area (Å²) in [5.74, 6) is 1.14. The first-order valence-corrected chi connectivity index (χ1v) is 7.25. The molecular weight excluding hydrogens is 276 g/mol. The number of carboxylic acid groups (broad SMARTS) is 1. The molecule has 3 rings (SSSR count). The zero-order chi connectivity index (χ0) is 13.9. The Labute approximate surface area is 119 Å². The van der Waals surface area contributed by atoms with E-state index >= 15 is 0 Å². The lowest BCUT2D eigenvalue weighted by Crippen LogP contribution is -1.98. The molecule has 0 saturated heterocycles. The first-order valence-electron chi connectivity index (χ1n) is 6.09. The van der Waals surface area contributed by atoms with Gasteiger partial charge in [-0.25, -0.2) is 4.79 Å². The number of hydrogen-bond donors (Lipinski definition) is 1. The molecule has 3 aromatic rings. The van der Waals surface area contributed by atoms with Gasteiger partial charge in [0.25, 0.3) is 0 Å². The fraction of sp³-hybridized carbons (Fsp3) is 0.133. The maximum Gasteiger partial charge on any atom is 0.372 e. The van der Waals surface area contributed by atoms with E-state index in [0.29, 0.717) is 17.1 Å². The van der Waals surface area contributed by atoms with Gasteiger partial charge >= 0.3 is 5.97 Å². The molecule has 0 radical (unpaired) electrons. The number of furan rings is 2. The van der Waals surface area contributed by atoms with Crippen LogP contribution in [0, 0.1) is 0 Å². The van der Waals surface area contributed by atoms with Crippen molar-refractivity contribution in [1.29, 1.82) is 0 Å². The summed E-state index contributed by atoms with van der Waals surface area (Å²) >= 11 is 1.60. The Balaban J connectivity index is 1.85. The van der Waals surface area contributed by atoms with Crippen molar-refractivity contribution in [3.05, 3.63) is 59.7 Å². The average molecular weight is 288 g/mol. The molecule has 1 N–H and O–H groups in total. The summed E-state index contributed by atoms with van der Waals surface area (Å²) in [6.45, 7) is 0. The molecule has 2 aromatic heterocycles. The molecule has 0 bridgehead atoms. The van der Waals surface area contributed by atoms with E-state index in [2.05, 4.69) is 0 Å². The van der Waals surface area contributed by atoms with Gasteiger partial charge in [-0.2, -0.15) is 0 Å². The lowest BCUT2D eigenvalue weighted by Gasteiger charge is -1.99. The Hall–Kier alpha value is -2.14. The molecule has 0 aliphatic carbocycles. The minimum absolute atomic E-state index is 0.0261. The molecule has 0 unspecified atom stereocenters. The average Bonchev–Trinajstić information content (AvgIpc) is 3.07. The molecular formula is C15H12O4S. The third kappa shape index (κ3) is 2.44. The van der Waals surface area contributed by atoms with Crippen LogP contribution >= 0.6 is 11.8 Å². The lowest BCUT2D eigenvalue weighted by atomic mass is 10.1. The molecule has 0 saturated carbocycles. The normalized spacial score (nSPS) is 11.0. The van der Waals surface area contributed by atoms with Crippen molar-refractivity contribution in [1.82, 2.24) is 0 Å². The Morgan fingerprint density at radius 3 is 2.75 bits per heavy atom. The van der Waals surface area contributed by atoms with Crippen LogP contribution in [0.4, 0.5) is 0 Å². The highest BCUT2D eigenvalue weighted by Gasteiger charge is 2.19. The predicted molar refractivity (Wildman–Crippen MR) is 76.9 cm³/mol. The monoisotopic (exact) mass is 288 g/mol. The van der Waals surface area contributed by atoms with E-state index in [1.807, 2.05) is 30.3 Å². The summed E-state index contributed by atoms with van der Waals surface area (Å²) in [5, 5.41) is 10.1. The summed E-state index contributed by atoms with van der Waals surface area (Å²) < 4.78 is 10.7. The van der Waals surface area contributed by atoms with Crippen LogP contribution in [0.2, 0.25) is 0 Å². The summed E-state index contributed by atoms with van der Waals surface area (Å²) in [7, 11) is 0. The van der Waals surface area contributed by atoms with Crippen LogP contribution in [0.1, 0.15) is 21.9 Å². The van der Waals surface area contributed by atoms with Crippen molar-refractivity contribution in [2.45, 2.75) is 11.5 Å². The number of thioether (sulfide) groups is 1. The SMILES string of the molecule is O=C(O)c1oc2ccccc2c1CSCc1ccco1. The van der Waals surface area contributed by atoms with Crippen LogP contribution in [0.5, 0.6) is 0 Å². The van der Waals surface area contributed by atoms with E-state index in [-0.39, 0.29) is 5.76 Å². The lowest BCUT2D eigenvalue weighted by molar-refractivity contribution is 0.0664. The highest BCUT2D eigenvalue weighted by Crippen LogP contribution is 2.30. The van der Waals surface area contributed by atoms with Crippen LogP contribution in [0.15, 0.2) is 51.5 Å². The number of carbonyl (C=O) groups is 1. The minimum Gasteiger partial charge on any atom is -0.475 e. The summed E-state index contributed by atoms with van der Waals surface area (Å²) in [6, 6.07) is 11.1. The van der Waals surface area contributed by atoms with Gasteiger partial charge in [-0.05, 0) is 18.2 Å². The second kappa shape index (κ2) is 5.46. The first-order chi connectivity index (χ1) is 9.75. The Morgan fingerprint density at radius 2 is 2.00 bits per heavy atom. The third-order valence-electron chi connectivity index (χ3n) is 2.96. The fourth-order valence-electron chi connectivity index (χ4n) is 2.06. The number of aromatic carboxylic acids is 1. The zero-order valence-electron chi connectivity index (χ0n) is 10.5. The van der Waals surface area contributed by atoms with E-state index in [4.69, 9.17) is 8.83 Å². The first kappa shape index (κ1) is 12.9. The molecule has 2 heterocycles. The van der Waals surface area contributed by atoms with Gasteiger partial charge in [-0.1, -0.05) is 18.2 Å². The van der Waals surface area contributed by atoms with Gasteiger partial charge < -0.3 is 13.9 Å². The minimum atomic E-state index is -1.03. The molecule has 4 nitrogen and oxygen atoms in total.